The van der Waals surface area contributed by atoms with Crippen LogP contribution in [-0.4, -0.2) is 17.1 Å². The Hall–Kier alpha value is -2.62. The second-order valence-corrected chi connectivity index (χ2v) is 5.08. The third-order valence-corrected chi connectivity index (χ3v) is 3.52. The maximum absolute atomic E-state index is 12.3. The molecule has 1 N–H and O–H groups in total. The standard InChI is InChI=1S/C17H16N2O2/c1-10-8-11(2)18-17-16(10)15(20)9-14(19-17)12-4-6-13(21-3)7-5-12/h4-9H,1-3H3,(H,18,19,20). The van der Waals surface area contributed by atoms with E-state index < -0.39 is 0 Å². The maximum Gasteiger partial charge on any atom is 0.191 e. The molecule has 0 aliphatic heterocycles. The Balaban J connectivity index is 2.22. The fourth-order valence-electron chi connectivity index (χ4n) is 2.53. The summed E-state index contributed by atoms with van der Waals surface area (Å²) in [6.07, 6.45) is 0. The first kappa shape index (κ1) is 13.4. The molecule has 0 unspecified atom stereocenters. The first-order valence-corrected chi connectivity index (χ1v) is 6.74. The van der Waals surface area contributed by atoms with Gasteiger partial charge in [-0.25, -0.2) is 4.98 Å². The van der Waals surface area contributed by atoms with Gasteiger partial charge in [0.25, 0.3) is 0 Å². The number of aromatic nitrogens is 2. The monoisotopic (exact) mass is 280 g/mol. The predicted octanol–water partition coefficient (Wildman–Crippen LogP) is 3.22. The fraction of sp³-hybridized carbons (Fsp3) is 0.176. The molecule has 0 spiro atoms. The van der Waals surface area contributed by atoms with Crippen LogP contribution >= 0.6 is 0 Å². The van der Waals surface area contributed by atoms with Gasteiger partial charge in [-0.1, -0.05) is 0 Å². The molecule has 1 aromatic carbocycles. The fourth-order valence-corrected chi connectivity index (χ4v) is 2.53. The minimum absolute atomic E-state index is 0.0143. The van der Waals surface area contributed by atoms with Crippen LogP contribution in [0.1, 0.15) is 11.3 Å². The van der Waals surface area contributed by atoms with E-state index in [1.807, 2.05) is 44.2 Å². The Morgan fingerprint density at radius 1 is 1.10 bits per heavy atom. The quantitative estimate of drug-likeness (QED) is 0.784. The van der Waals surface area contributed by atoms with Crippen molar-refractivity contribution < 1.29 is 4.74 Å². The zero-order chi connectivity index (χ0) is 15.0. The van der Waals surface area contributed by atoms with Gasteiger partial charge in [0.05, 0.1) is 18.2 Å². The van der Waals surface area contributed by atoms with E-state index in [0.717, 1.165) is 28.3 Å². The molecule has 0 saturated carbocycles. The second kappa shape index (κ2) is 5.05. The first-order chi connectivity index (χ1) is 10.1. The molecule has 0 radical (unpaired) electrons. The van der Waals surface area contributed by atoms with Gasteiger partial charge in [-0.3, -0.25) is 4.79 Å². The largest absolute Gasteiger partial charge is 0.497 e. The van der Waals surface area contributed by atoms with Gasteiger partial charge in [0.2, 0.25) is 0 Å². The number of H-pyrrole nitrogens is 1. The lowest BCUT2D eigenvalue weighted by atomic mass is 10.1. The van der Waals surface area contributed by atoms with E-state index in [-0.39, 0.29) is 5.43 Å². The summed E-state index contributed by atoms with van der Waals surface area (Å²) in [7, 11) is 1.63. The van der Waals surface area contributed by atoms with E-state index in [1.54, 1.807) is 13.2 Å². The highest BCUT2D eigenvalue weighted by Crippen LogP contribution is 2.22. The average Bonchev–Trinajstić information content (AvgIpc) is 2.46. The number of methoxy groups -OCH3 is 1. The topological polar surface area (TPSA) is 55.0 Å². The molecule has 2 heterocycles. The van der Waals surface area contributed by atoms with Crippen LogP contribution in [0.3, 0.4) is 0 Å². The number of benzene rings is 1. The van der Waals surface area contributed by atoms with Crippen molar-refractivity contribution in [1.82, 2.24) is 9.97 Å². The van der Waals surface area contributed by atoms with Gasteiger partial charge in [-0.15, -0.1) is 0 Å². The number of fused-ring (bicyclic) bond motifs is 1. The Morgan fingerprint density at radius 2 is 1.81 bits per heavy atom. The summed E-state index contributed by atoms with van der Waals surface area (Å²) < 4.78 is 5.15. The number of aryl methyl sites for hydroxylation is 2. The highest BCUT2D eigenvalue weighted by Gasteiger charge is 2.08. The summed E-state index contributed by atoms with van der Waals surface area (Å²) in [5.74, 6) is 0.784. The molecule has 0 aliphatic carbocycles. The van der Waals surface area contributed by atoms with Gasteiger partial charge < -0.3 is 9.72 Å². The van der Waals surface area contributed by atoms with Gasteiger partial charge in [-0.05, 0) is 55.3 Å². The Morgan fingerprint density at radius 3 is 2.48 bits per heavy atom. The van der Waals surface area contributed by atoms with Gasteiger partial charge >= 0.3 is 0 Å². The molecule has 3 rings (SSSR count). The number of nitrogens with one attached hydrogen (secondary N) is 1. The summed E-state index contributed by atoms with van der Waals surface area (Å²) in [5.41, 5.74) is 4.14. The van der Waals surface area contributed by atoms with Gasteiger partial charge in [0, 0.05) is 11.8 Å². The number of nitrogens with zero attached hydrogens (tertiary/aromatic N) is 1. The van der Waals surface area contributed by atoms with Crippen LogP contribution in [0.5, 0.6) is 5.75 Å². The Kier molecular flexibility index (Phi) is 3.22. The van der Waals surface area contributed by atoms with Gasteiger partial charge in [0.1, 0.15) is 11.4 Å². The molecule has 0 amide bonds. The third-order valence-electron chi connectivity index (χ3n) is 3.52. The third kappa shape index (κ3) is 2.40. The highest BCUT2D eigenvalue weighted by molar-refractivity contribution is 5.81. The smallest absolute Gasteiger partial charge is 0.191 e. The normalized spacial score (nSPS) is 10.8. The van der Waals surface area contributed by atoms with E-state index >= 15 is 0 Å². The molecular weight excluding hydrogens is 264 g/mol. The Labute approximate surface area is 122 Å². The summed E-state index contributed by atoms with van der Waals surface area (Å²) in [5, 5.41) is 0.651. The zero-order valence-electron chi connectivity index (χ0n) is 12.2. The lowest BCUT2D eigenvalue weighted by Crippen LogP contribution is -2.06. The summed E-state index contributed by atoms with van der Waals surface area (Å²) >= 11 is 0. The lowest BCUT2D eigenvalue weighted by molar-refractivity contribution is 0.415. The SMILES string of the molecule is COc1ccc(-c2cc(=O)c3c(C)cc(C)nc3[nH]2)cc1. The van der Waals surface area contributed by atoms with E-state index in [4.69, 9.17) is 4.74 Å². The highest BCUT2D eigenvalue weighted by atomic mass is 16.5. The van der Waals surface area contributed by atoms with Crippen LogP contribution in [0.4, 0.5) is 0 Å². The number of hydrogen-bond donors (Lipinski definition) is 1. The molecule has 4 heteroatoms. The Bertz CT molecular complexity index is 864. The van der Waals surface area contributed by atoms with E-state index in [2.05, 4.69) is 9.97 Å². The molecular formula is C17H16N2O2. The minimum atomic E-state index is -0.0143. The molecule has 4 nitrogen and oxygen atoms in total. The van der Waals surface area contributed by atoms with Crippen molar-refractivity contribution >= 4 is 11.0 Å². The van der Waals surface area contributed by atoms with Crippen molar-refractivity contribution in [2.45, 2.75) is 13.8 Å². The van der Waals surface area contributed by atoms with Crippen LogP contribution in [0.2, 0.25) is 0 Å². The molecule has 0 saturated heterocycles. The van der Waals surface area contributed by atoms with Crippen molar-refractivity contribution in [3.05, 3.63) is 57.9 Å². The molecule has 21 heavy (non-hydrogen) atoms. The molecule has 0 aliphatic rings. The van der Waals surface area contributed by atoms with Crippen LogP contribution in [0, 0.1) is 13.8 Å². The maximum atomic E-state index is 12.3. The van der Waals surface area contributed by atoms with Crippen molar-refractivity contribution in [2.75, 3.05) is 7.11 Å². The van der Waals surface area contributed by atoms with Crippen molar-refractivity contribution in [3.8, 4) is 17.0 Å². The minimum Gasteiger partial charge on any atom is -0.497 e. The average molecular weight is 280 g/mol. The second-order valence-electron chi connectivity index (χ2n) is 5.08. The first-order valence-electron chi connectivity index (χ1n) is 6.74. The van der Waals surface area contributed by atoms with E-state index in [9.17, 15) is 4.79 Å². The van der Waals surface area contributed by atoms with Crippen LogP contribution < -0.4 is 10.2 Å². The zero-order valence-corrected chi connectivity index (χ0v) is 12.2. The number of hydrogen-bond acceptors (Lipinski definition) is 3. The van der Waals surface area contributed by atoms with Crippen molar-refractivity contribution in [1.29, 1.82) is 0 Å². The summed E-state index contributed by atoms with van der Waals surface area (Å²) in [6, 6.07) is 11.1. The van der Waals surface area contributed by atoms with Crippen LogP contribution in [-0.2, 0) is 0 Å². The molecule has 3 aromatic rings. The van der Waals surface area contributed by atoms with Crippen LogP contribution in [0.15, 0.2) is 41.2 Å². The van der Waals surface area contributed by atoms with Crippen molar-refractivity contribution in [2.24, 2.45) is 0 Å². The number of rotatable bonds is 2. The molecule has 2 aromatic heterocycles. The number of aromatic amines is 1. The number of pyridine rings is 2. The molecule has 106 valence electrons. The van der Waals surface area contributed by atoms with E-state index in [0.29, 0.717) is 11.0 Å². The lowest BCUT2D eigenvalue weighted by Gasteiger charge is -2.07. The molecule has 0 atom stereocenters. The molecule has 0 fully saturated rings. The van der Waals surface area contributed by atoms with Crippen LogP contribution in [0.25, 0.3) is 22.3 Å². The van der Waals surface area contributed by atoms with E-state index in [1.165, 1.54) is 0 Å². The summed E-state index contributed by atoms with van der Waals surface area (Å²) in [6.45, 7) is 3.85. The molecule has 0 bridgehead atoms. The van der Waals surface area contributed by atoms with Crippen molar-refractivity contribution in [3.63, 3.8) is 0 Å². The van der Waals surface area contributed by atoms with Gasteiger partial charge in [0.15, 0.2) is 5.43 Å². The summed E-state index contributed by atoms with van der Waals surface area (Å²) in [4.78, 5) is 20.0. The predicted molar refractivity (Wildman–Crippen MR) is 83.8 cm³/mol. The van der Waals surface area contributed by atoms with Gasteiger partial charge in [-0.2, -0.15) is 0 Å². The number of ether oxygens (including phenoxy) is 1.